The van der Waals surface area contributed by atoms with E-state index in [1.54, 1.807) is 24.3 Å². The van der Waals surface area contributed by atoms with E-state index in [4.69, 9.17) is 10.5 Å². The van der Waals surface area contributed by atoms with Crippen molar-refractivity contribution in [3.05, 3.63) is 29.8 Å². The third kappa shape index (κ3) is 7.25. The number of amides is 2. The summed E-state index contributed by atoms with van der Waals surface area (Å²) in [6.07, 6.45) is 2.24. The molecule has 1 aromatic rings. The monoisotopic (exact) mass is 321 g/mol. The van der Waals surface area contributed by atoms with E-state index in [9.17, 15) is 9.59 Å². The topological polar surface area (TPSA) is 93.5 Å². The molecule has 0 aliphatic carbocycles. The molecule has 23 heavy (non-hydrogen) atoms. The smallest absolute Gasteiger partial charge is 0.251 e. The second kappa shape index (κ2) is 10.7. The fourth-order valence-corrected chi connectivity index (χ4v) is 2.04. The molecular weight excluding hydrogens is 294 g/mol. The second-order valence-electron chi connectivity index (χ2n) is 5.27. The first-order valence-corrected chi connectivity index (χ1v) is 8.10. The van der Waals surface area contributed by atoms with Crippen LogP contribution in [0.4, 0.5) is 5.69 Å². The standard InChI is InChI=1S/C17H27N3O3/c1-3-7-15(18)17(22)20-14-9-5-8-13(12-14)16(21)19-10-6-11-23-4-2/h5,8-9,12,15H,3-4,6-7,10-11,18H2,1-2H3,(H,19,21)(H,20,22). The Bertz CT molecular complexity index is 506. The molecule has 0 radical (unpaired) electrons. The number of nitrogens with one attached hydrogen (secondary N) is 2. The SMILES string of the molecule is CCCC(N)C(=O)Nc1cccc(C(=O)NCCCOCC)c1. The normalized spacial score (nSPS) is 11.8. The number of rotatable bonds is 10. The molecule has 6 heteroatoms. The maximum absolute atomic E-state index is 12.1. The molecule has 2 amide bonds. The van der Waals surface area contributed by atoms with Gasteiger partial charge >= 0.3 is 0 Å². The largest absolute Gasteiger partial charge is 0.382 e. The average Bonchev–Trinajstić information content (AvgIpc) is 2.55. The highest BCUT2D eigenvalue weighted by Gasteiger charge is 2.13. The molecule has 1 rings (SSSR count). The fraction of sp³-hybridized carbons (Fsp3) is 0.529. The second-order valence-corrected chi connectivity index (χ2v) is 5.27. The first kappa shape index (κ1) is 19.1. The Kier molecular flexibility index (Phi) is 8.94. The van der Waals surface area contributed by atoms with Crippen LogP contribution >= 0.6 is 0 Å². The van der Waals surface area contributed by atoms with Crippen molar-refractivity contribution in [3.8, 4) is 0 Å². The van der Waals surface area contributed by atoms with Crippen molar-refractivity contribution in [1.82, 2.24) is 5.32 Å². The molecule has 6 nitrogen and oxygen atoms in total. The molecule has 4 N–H and O–H groups in total. The molecule has 0 heterocycles. The highest BCUT2D eigenvalue weighted by atomic mass is 16.5. The lowest BCUT2D eigenvalue weighted by Crippen LogP contribution is -2.35. The first-order valence-electron chi connectivity index (χ1n) is 8.10. The minimum atomic E-state index is -0.531. The number of ether oxygens (including phenoxy) is 1. The molecule has 1 atom stereocenters. The Hall–Kier alpha value is -1.92. The van der Waals surface area contributed by atoms with Crippen molar-refractivity contribution in [3.63, 3.8) is 0 Å². The van der Waals surface area contributed by atoms with Gasteiger partial charge in [0.15, 0.2) is 0 Å². The van der Waals surface area contributed by atoms with Gasteiger partial charge in [0, 0.05) is 31.0 Å². The third-order valence-electron chi connectivity index (χ3n) is 3.28. The van der Waals surface area contributed by atoms with Crippen molar-refractivity contribution >= 4 is 17.5 Å². The Labute approximate surface area is 137 Å². The number of benzene rings is 1. The van der Waals surface area contributed by atoms with Crippen molar-refractivity contribution in [1.29, 1.82) is 0 Å². The van der Waals surface area contributed by atoms with E-state index in [1.807, 2.05) is 13.8 Å². The van der Waals surface area contributed by atoms with Gasteiger partial charge < -0.3 is 21.1 Å². The van der Waals surface area contributed by atoms with Crippen LogP contribution in [0.25, 0.3) is 0 Å². The van der Waals surface area contributed by atoms with Gasteiger partial charge in [-0.25, -0.2) is 0 Å². The third-order valence-corrected chi connectivity index (χ3v) is 3.28. The summed E-state index contributed by atoms with van der Waals surface area (Å²) in [5, 5.41) is 5.57. The van der Waals surface area contributed by atoms with Gasteiger partial charge in [-0.1, -0.05) is 19.4 Å². The molecule has 0 aliphatic rings. The van der Waals surface area contributed by atoms with Crippen LogP contribution in [-0.4, -0.2) is 37.6 Å². The quantitative estimate of drug-likeness (QED) is 0.574. The molecule has 0 fully saturated rings. The maximum Gasteiger partial charge on any atom is 0.251 e. The van der Waals surface area contributed by atoms with E-state index in [-0.39, 0.29) is 11.8 Å². The summed E-state index contributed by atoms with van der Waals surface area (Å²) in [6.45, 7) is 5.77. The molecule has 0 spiro atoms. The fourth-order valence-electron chi connectivity index (χ4n) is 2.04. The van der Waals surface area contributed by atoms with E-state index < -0.39 is 6.04 Å². The van der Waals surface area contributed by atoms with Crippen molar-refractivity contribution in [2.45, 2.75) is 39.2 Å². The lowest BCUT2D eigenvalue weighted by atomic mass is 10.1. The maximum atomic E-state index is 12.1. The summed E-state index contributed by atoms with van der Waals surface area (Å²) >= 11 is 0. The van der Waals surface area contributed by atoms with Crippen LogP contribution < -0.4 is 16.4 Å². The molecule has 0 aromatic heterocycles. The molecular formula is C17H27N3O3. The van der Waals surface area contributed by atoms with E-state index in [2.05, 4.69) is 10.6 Å². The zero-order chi connectivity index (χ0) is 17.1. The summed E-state index contributed by atoms with van der Waals surface area (Å²) < 4.78 is 5.22. The Morgan fingerprint density at radius 2 is 2.09 bits per heavy atom. The molecule has 0 aliphatic heterocycles. The van der Waals surface area contributed by atoms with Crippen LogP contribution in [0.5, 0.6) is 0 Å². The van der Waals surface area contributed by atoms with Crippen LogP contribution in [-0.2, 0) is 9.53 Å². The predicted molar refractivity (Wildman–Crippen MR) is 91.4 cm³/mol. The lowest BCUT2D eigenvalue weighted by molar-refractivity contribution is -0.117. The summed E-state index contributed by atoms with van der Waals surface area (Å²) in [6, 6.07) is 6.29. The highest BCUT2D eigenvalue weighted by Crippen LogP contribution is 2.11. The van der Waals surface area contributed by atoms with Crippen LogP contribution in [0.15, 0.2) is 24.3 Å². The summed E-state index contributed by atoms with van der Waals surface area (Å²) in [5.74, 6) is -0.406. The van der Waals surface area contributed by atoms with E-state index in [0.29, 0.717) is 37.4 Å². The van der Waals surface area contributed by atoms with Crippen molar-refractivity contribution < 1.29 is 14.3 Å². The Morgan fingerprint density at radius 3 is 2.78 bits per heavy atom. The van der Waals surface area contributed by atoms with Gasteiger partial charge in [0.25, 0.3) is 5.91 Å². The highest BCUT2D eigenvalue weighted by molar-refractivity contribution is 5.98. The molecule has 128 valence electrons. The molecule has 0 saturated carbocycles. The zero-order valence-electron chi connectivity index (χ0n) is 13.9. The number of carbonyl (C=O) groups excluding carboxylic acids is 2. The predicted octanol–water partition coefficient (Wildman–Crippen LogP) is 1.91. The Balaban J connectivity index is 2.52. The van der Waals surface area contributed by atoms with Crippen LogP contribution in [0.2, 0.25) is 0 Å². The zero-order valence-corrected chi connectivity index (χ0v) is 13.9. The minimum absolute atomic E-state index is 0.171. The van der Waals surface area contributed by atoms with Gasteiger partial charge in [0.1, 0.15) is 0 Å². The first-order chi connectivity index (χ1) is 11.1. The van der Waals surface area contributed by atoms with E-state index in [1.165, 1.54) is 0 Å². The van der Waals surface area contributed by atoms with Crippen molar-refractivity contribution in [2.75, 3.05) is 25.1 Å². The number of hydrogen-bond donors (Lipinski definition) is 3. The number of anilines is 1. The number of carbonyl (C=O) groups is 2. The van der Waals surface area contributed by atoms with Crippen LogP contribution in [0, 0.1) is 0 Å². The lowest BCUT2D eigenvalue weighted by Gasteiger charge is -2.12. The van der Waals surface area contributed by atoms with Gasteiger partial charge in [-0.2, -0.15) is 0 Å². The molecule has 0 saturated heterocycles. The van der Waals surface area contributed by atoms with Gasteiger partial charge in [0.2, 0.25) is 5.91 Å². The van der Waals surface area contributed by atoms with Gasteiger partial charge in [-0.05, 0) is 38.0 Å². The molecule has 1 aromatic carbocycles. The number of nitrogens with two attached hydrogens (primary N) is 1. The summed E-state index contributed by atoms with van der Waals surface area (Å²) in [4.78, 5) is 24.0. The summed E-state index contributed by atoms with van der Waals surface area (Å²) in [7, 11) is 0. The molecule has 0 bridgehead atoms. The van der Waals surface area contributed by atoms with Crippen LogP contribution in [0.1, 0.15) is 43.5 Å². The Morgan fingerprint density at radius 1 is 1.30 bits per heavy atom. The van der Waals surface area contributed by atoms with E-state index >= 15 is 0 Å². The molecule has 1 unspecified atom stereocenters. The van der Waals surface area contributed by atoms with Crippen LogP contribution in [0.3, 0.4) is 0 Å². The van der Waals surface area contributed by atoms with Gasteiger partial charge in [-0.15, -0.1) is 0 Å². The minimum Gasteiger partial charge on any atom is -0.382 e. The summed E-state index contributed by atoms with van der Waals surface area (Å²) in [5.41, 5.74) is 6.85. The van der Waals surface area contributed by atoms with Gasteiger partial charge in [0.05, 0.1) is 6.04 Å². The average molecular weight is 321 g/mol. The van der Waals surface area contributed by atoms with Crippen molar-refractivity contribution in [2.24, 2.45) is 5.73 Å². The number of hydrogen-bond acceptors (Lipinski definition) is 4. The van der Waals surface area contributed by atoms with Gasteiger partial charge in [-0.3, -0.25) is 9.59 Å². The van der Waals surface area contributed by atoms with E-state index in [0.717, 1.165) is 12.8 Å².